The van der Waals surface area contributed by atoms with Crippen LogP contribution in [0.15, 0.2) is 54.0 Å². The number of amides is 1. The number of aromatic nitrogens is 1. The van der Waals surface area contributed by atoms with Gasteiger partial charge < -0.3 is 22.5 Å². The van der Waals surface area contributed by atoms with E-state index in [2.05, 4.69) is 79.5 Å². The average molecular weight is 613 g/mol. The summed E-state index contributed by atoms with van der Waals surface area (Å²) in [4.78, 5) is 12.9. The van der Waals surface area contributed by atoms with Crippen molar-refractivity contribution in [3.05, 3.63) is 65.2 Å². The van der Waals surface area contributed by atoms with Gasteiger partial charge in [0.25, 0.3) is 0 Å². The molecule has 0 spiro atoms. The minimum absolute atomic E-state index is 0. The molecule has 3 rings (SSSR count). The Labute approximate surface area is 265 Å². The second-order valence-electron chi connectivity index (χ2n) is 12.4. The van der Waals surface area contributed by atoms with Crippen LogP contribution in [-0.2, 0) is 23.7 Å². The number of nitrogens with zero attached hydrogens (tertiary/aromatic N) is 1. The van der Waals surface area contributed by atoms with Crippen LogP contribution in [0.2, 0.25) is 0 Å². The molecular weight excluding hydrogens is 560 g/mol. The monoisotopic (exact) mass is 612 g/mol. The van der Waals surface area contributed by atoms with E-state index in [0.717, 1.165) is 35.6 Å². The van der Waals surface area contributed by atoms with Crippen LogP contribution in [0, 0.1) is 0 Å². The highest BCUT2D eigenvalue weighted by Gasteiger charge is 2.20. The van der Waals surface area contributed by atoms with Crippen LogP contribution in [0.4, 0.5) is 5.69 Å². The standard InChI is InChI=1S/C36H52N2O2S.ClH/c1-6-7-8-9-10-11-12-13-14-15-16-17-25-40-33-27-29(18-23-32(33)36(2,3)4)28-34(39)37-31-21-19-30(20-22-31)35-38(5)24-26-41-35;/h18-24,26-27H,6-17,25,28H2,1-5H3;1H. The topological polar surface area (TPSA) is 43.3 Å². The number of hydrogen-bond donors (Lipinski definition) is 1. The lowest BCUT2D eigenvalue weighted by atomic mass is 9.85. The van der Waals surface area contributed by atoms with E-state index in [1.165, 1.54) is 81.2 Å². The van der Waals surface area contributed by atoms with E-state index in [1.54, 1.807) is 11.3 Å². The number of rotatable bonds is 18. The third-order valence-corrected chi connectivity index (χ3v) is 8.68. The van der Waals surface area contributed by atoms with Crippen molar-refractivity contribution in [1.29, 1.82) is 0 Å². The zero-order chi connectivity index (χ0) is 29.5. The second-order valence-corrected chi connectivity index (χ2v) is 13.3. The summed E-state index contributed by atoms with van der Waals surface area (Å²) in [5, 5.41) is 6.32. The first-order valence-electron chi connectivity index (χ1n) is 15.9. The molecule has 0 aliphatic carbocycles. The van der Waals surface area contributed by atoms with Crippen LogP contribution in [-0.4, -0.2) is 17.1 Å². The Bertz CT molecular complexity index is 1180. The van der Waals surface area contributed by atoms with E-state index in [4.69, 9.17) is 4.74 Å². The molecule has 0 atom stereocenters. The number of ether oxygens (including phenoxy) is 1. The van der Waals surface area contributed by atoms with Gasteiger partial charge in [-0.3, -0.25) is 9.36 Å². The maximum atomic E-state index is 12.9. The zero-order valence-corrected chi connectivity index (χ0v) is 28.2. The molecule has 2 aromatic carbocycles. The first-order valence-corrected chi connectivity index (χ1v) is 16.8. The van der Waals surface area contributed by atoms with Gasteiger partial charge in [0.2, 0.25) is 5.91 Å². The molecule has 4 nitrogen and oxygen atoms in total. The Kier molecular flexibility index (Phi) is 16.2. The minimum Gasteiger partial charge on any atom is -1.00 e. The largest absolute Gasteiger partial charge is 1.00 e. The molecule has 0 bridgehead atoms. The third kappa shape index (κ3) is 12.5. The van der Waals surface area contributed by atoms with Crippen molar-refractivity contribution in [2.75, 3.05) is 11.9 Å². The summed E-state index contributed by atoms with van der Waals surface area (Å²) >= 11 is 1.71. The molecule has 0 radical (unpaired) electrons. The quantitative estimate of drug-likeness (QED) is 0.119. The number of thiazole rings is 1. The van der Waals surface area contributed by atoms with Crippen LogP contribution in [0.25, 0.3) is 10.6 Å². The highest BCUT2D eigenvalue weighted by molar-refractivity contribution is 7.13. The maximum absolute atomic E-state index is 12.9. The molecule has 232 valence electrons. The van der Waals surface area contributed by atoms with Crippen molar-refractivity contribution < 1.29 is 21.9 Å². The Morgan fingerprint density at radius 1 is 0.881 bits per heavy atom. The molecule has 1 N–H and O–H groups in total. The second kappa shape index (κ2) is 19.0. The van der Waals surface area contributed by atoms with E-state index in [9.17, 15) is 4.79 Å². The molecule has 0 aliphatic rings. The van der Waals surface area contributed by atoms with Gasteiger partial charge in [-0.1, -0.05) is 110 Å². The Morgan fingerprint density at radius 3 is 2.02 bits per heavy atom. The van der Waals surface area contributed by atoms with Gasteiger partial charge in [-0.25, -0.2) is 0 Å². The number of unbranched alkanes of at least 4 members (excludes halogenated alkanes) is 11. The molecule has 42 heavy (non-hydrogen) atoms. The van der Waals surface area contributed by atoms with Crippen molar-refractivity contribution in [3.8, 4) is 16.3 Å². The highest BCUT2D eigenvalue weighted by atomic mass is 35.5. The number of nitrogens with one attached hydrogen (secondary N) is 1. The number of carbonyl (C=O) groups is 1. The Hall–Kier alpha value is -2.37. The van der Waals surface area contributed by atoms with Crippen LogP contribution < -0.4 is 22.5 Å². The van der Waals surface area contributed by atoms with E-state index in [0.29, 0.717) is 6.42 Å². The molecule has 6 heteroatoms. The minimum atomic E-state index is -0.0202. The van der Waals surface area contributed by atoms with Crippen molar-refractivity contribution in [1.82, 2.24) is 4.57 Å². The van der Waals surface area contributed by atoms with Gasteiger partial charge in [-0.15, -0.1) is 0 Å². The van der Waals surface area contributed by atoms with Crippen molar-refractivity contribution >= 4 is 22.9 Å². The molecule has 0 saturated carbocycles. The first-order chi connectivity index (χ1) is 19.8. The number of benzene rings is 2. The van der Waals surface area contributed by atoms with Crippen LogP contribution in [0.3, 0.4) is 0 Å². The molecule has 1 amide bonds. The van der Waals surface area contributed by atoms with Crippen molar-refractivity contribution in [2.45, 2.75) is 117 Å². The molecule has 0 aliphatic heterocycles. The fourth-order valence-electron chi connectivity index (χ4n) is 5.24. The predicted molar refractivity (Wildman–Crippen MR) is 177 cm³/mol. The summed E-state index contributed by atoms with van der Waals surface area (Å²) in [5.74, 6) is 0.897. The first kappa shape index (κ1) is 35.8. The normalized spacial score (nSPS) is 11.3. The summed E-state index contributed by atoms with van der Waals surface area (Å²) in [5.41, 5.74) is 4.11. The number of halogens is 1. The highest BCUT2D eigenvalue weighted by Crippen LogP contribution is 2.33. The molecule has 1 heterocycles. The van der Waals surface area contributed by atoms with Gasteiger partial charge >= 0.3 is 0 Å². The van der Waals surface area contributed by atoms with Crippen molar-refractivity contribution in [3.63, 3.8) is 0 Å². The summed E-state index contributed by atoms with van der Waals surface area (Å²) in [6.45, 7) is 9.65. The molecular formula is C36H53ClN2O2S. The predicted octanol–water partition coefficient (Wildman–Crippen LogP) is 7.60. The molecule has 1 aromatic heterocycles. The number of carbonyl (C=O) groups excluding carboxylic acids is 1. The summed E-state index contributed by atoms with van der Waals surface area (Å²) in [6, 6.07) is 14.3. The molecule has 0 unspecified atom stereocenters. The van der Waals surface area contributed by atoms with Gasteiger partial charge in [0.15, 0.2) is 5.01 Å². The average Bonchev–Trinajstić information content (AvgIpc) is 3.37. The van der Waals surface area contributed by atoms with Crippen molar-refractivity contribution in [2.24, 2.45) is 7.05 Å². The Morgan fingerprint density at radius 2 is 1.48 bits per heavy atom. The van der Waals surface area contributed by atoms with Crippen LogP contribution >= 0.6 is 11.3 Å². The van der Waals surface area contributed by atoms with Gasteiger partial charge in [0, 0.05) is 19.2 Å². The summed E-state index contributed by atoms with van der Waals surface area (Å²) < 4.78 is 8.43. The summed E-state index contributed by atoms with van der Waals surface area (Å²) in [6.07, 6.45) is 18.4. The molecule has 0 fully saturated rings. The van der Waals surface area contributed by atoms with E-state index < -0.39 is 0 Å². The van der Waals surface area contributed by atoms with Gasteiger partial charge in [-0.2, -0.15) is 0 Å². The maximum Gasteiger partial charge on any atom is 0.228 e. The SMILES string of the molecule is CCCCCCCCCCCCCCOc1cc(CC(=O)Nc2ccc(-[c+]3sccn3C)cc2)ccc1C(C)(C)C.[Cl-]. The summed E-state index contributed by atoms with van der Waals surface area (Å²) in [7, 11) is 2.04. The zero-order valence-electron chi connectivity index (χ0n) is 26.6. The van der Waals surface area contributed by atoms with E-state index >= 15 is 0 Å². The fraction of sp³-hybridized carbons (Fsp3) is 0.556. The Balaban J connectivity index is 0.00000616. The number of anilines is 1. The van der Waals surface area contributed by atoms with E-state index in [1.807, 2.05) is 19.2 Å². The van der Waals surface area contributed by atoms with Gasteiger partial charge in [0.05, 0.1) is 24.1 Å². The lowest BCUT2D eigenvalue weighted by molar-refractivity contribution is -0.115. The van der Waals surface area contributed by atoms with Gasteiger partial charge in [-0.05, 0) is 52.5 Å². The van der Waals surface area contributed by atoms with Crippen LogP contribution in [0.5, 0.6) is 5.75 Å². The lowest BCUT2D eigenvalue weighted by Crippen LogP contribution is -3.00. The number of hydrogen-bond acceptors (Lipinski definition) is 3. The van der Waals surface area contributed by atoms with E-state index in [-0.39, 0.29) is 23.7 Å². The molecule has 3 aromatic rings. The third-order valence-electron chi connectivity index (χ3n) is 7.67. The van der Waals surface area contributed by atoms with Crippen LogP contribution in [0.1, 0.15) is 116 Å². The molecule has 0 saturated heterocycles. The fourth-order valence-corrected chi connectivity index (χ4v) is 6.11. The van der Waals surface area contributed by atoms with Gasteiger partial charge in [0.1, 0.15) is 17.5 Å². The smallest absolute Gasteiger partial charge is 0.228 e. The number of aryl methyl sites for hydroxylation is 1. The lowest BCUT2D eigenvalue weighted by Gasteiger charge is -2.23.